The molecule has 6 rings (SSSR count). The zero-order valence-electron chi connectivity index (χ0n) is 12.3. The Balaban J connectivity index is 1.53. The topological polar surface area (TPSA) is 74.7 Å². The van der Waals surface area contributed by atoms with Gasteiger partial charge < -0.3 is 5.11 Å². The number of amides is 2. The fourth-order valence-electron chi connectivity index (χ4n) is 4.96. The molecule has 2 bridgehead atoms. The van der Waals surface area contributed by atoms with E-state index in [0.29, 0.717) is 17.5 Å². The molecule has 2 saturated carbocycles. The number of hydrogen-bond donors (Lipinski definition) is 1. The zero-order valence-corrected chi connectivity index (χ0v) is 12.3. The standard InChI is InChI=1S/C18H15NO4/c20-16-14-10-5-6-11(13-7-12(10)13)15(14)17(21)19(16)9-3-1-8(2-4-9)18(22)23/h1-6,10-15H,7H2,(H,22,23)/t10-,11-,12-,13-,14-,15+/m1/s1. The van der Waals surface area contributed by atoms with Crippen molar-refractivity contribution in [1.29, 1.82) is 0 Å². The van der Waals surface area contributed by atoms with E-state index in [1.165, 1.54) is 17.0 Å². The molecular formula is C18H15NO4. The van der Waals surface area contributed by atoms with Gasteiger partial charge in [0.15, 0.2) is 0 Å². The monoisotopic (exact) mass is 309 g/mol. The van der Waals surface area contributed by atoms with Crippen molar-refractivity contribution in [3.63, 3.8) is 0 Å². The molecule has 5 nitrogen and oxygen atoms in total. The molecule has 1 saturated heterocycles. The maximum absolute atomic E-state index is 12.9. The Morgan fingerprint density at radius 3 is 1.96 bits per heavy atom. The van der Waals surface area contributed by atoms with Crippen molar-refractivity contribution in [3.8, 4) is 0 Å². The van der Waals surface area contributed by atoms with Gasteiger partial charge in [-0.15, -0.1) is 0 Å². The van der Waals surface area contributed by atoms with Gasteiger partial charge in [-0.05, 0) is 54.4 Å². The summed E-state index contributed by atoms with van der Waals surface area (Å²) in [6, 6.07) is 5.97. The second kappa shape index (κ2) is 4.10. The normalized spacial score (nSPS) is 39.4. The minimum absolute atomic E-state index is 0.118. The highest BCUT2D eigenvalue weighted by Crippen LogP contribution is 2.65. The summed E-state index contributed by atoms with van der Waals surface area (Å²) < 4.78 is 0. The number of carbonyl (C=O) groups is 3. The minimum Gasteiger partial charge on any atom is -0.478 e. The highest BCUT2D eigenvalue weighted by molar-refractivity contribution is 6.22. The van der Waals surface area contributed by atoms with Crippen LogP contribution in [0, 0.1) is 35.5 Å². The van der Waals surface area contributed by atoms with Gasteiger partial charge in [-0.25, -0.2) is 4.79 Å². The minimum atomic E-state index is -1.02. The molecule has 5 heteroatoms. The molecule has 4 aliphatic carbocycles. The van der Waals surface area contributed by atoms with Crippen molar-refractivity contribution in [2.75, 3.05) is 4.90 Å². The Morgan fingerprint density at radius 2 is 1.48 bits per heavy atom. The summed E-state index contributed by atoms with van der Waals surface area (Å²) in [5.74, 6) is -0.132. The van der Waals surface area contributed by atoms with Gasteiger partial charge in [0.1, 0.15) is 0 Å². The number of nitrogens with zero attached hydrogens (tertiary/aromatic N) is 1. The van der Waals surface area contributed by atoms with Crippen molar-refractivity contribution >= 4 is 23.5 Å². The van der Waals surface area contributed by atoms with Gasteiger partial charge in [0.25, 0.3) is 0 Å². The summed E-state index contributed by atoms with van der Waals surface area (Å²) in [5.41, 5.74) is 0.626. The van der Waals surface area contributed by atoms with Gasteiger partial charge in [0, 0.05) is 0 Å². The lowest BCUT2D eigenvalue weighted by molar-refractivity contribution is -0.124. The molecule has 0 spiro atoms. The number of carbonyl (C=O) groups excluding carboxylic acids is 2. The van der Waals surface area contributed by atoms with E-state index in [1.807, 2.05) is 0 Å². The number of anilines is 1. The molecule has 2 amide bonds. The van der Waals surface area contributed by atoms with Crippen LogP contribution in [0.25, 0.3) is 0 Å². The molecule has 1 aromatic carbocycles. The van der Waals surface area contributed by atoms with Crippen molar-refractivity contribution in [2.24, 2.45) is 35.5 Å². The number of carboxylic acid groups (broad SMARTS) is 1. The molecule has 1 aliphatic heterocycles. The summed E-state index contributed by atoms with van der Waals surface area (Å²) in [6.07, 6.45) is 5.42. The maximum atomic E-state index is 12.9. The first-order valence-electron chi connectivity index (χ1n) is 7.97. The van der Waals surface area contributed by atoms with E-state index in [2.05, 4.69) is 12.2 Å². The van der Waals surface area contributed by atoms with Crippen molar-refractivity contribution in [1.82, 2.24) is 0 Å². The van der Waals surface area contributed by atoms with E-state index in [9.17, 15) is 14.4 Å². The summed E-state index contributed by atoms with van der Waals surface area (Å²) in [5, 5.41) is 8.97. The number of aromatic carboxylic acids is 1. The molecular weight excluding hydrogens is 294 g/mol. The van der Waals surface area contributed by atoms with Gasteiger partial charge in [-0.1, -0.05) is 12.2 Å². The number of rotatable bonds is 2. The van der Waals surface area contributed by atoms with Crippen LogP contribution in [0.3, 0.4) is 0 Å². The van der Waals surface area contributed by atoms with E-state index >= 15 is 0 Å². The SMILES string of the molecule is O=C(O)c1ccc(N2C(=O)[C@@H]3[C@@H]4C=C[C@H]([C@H]5C[C@H]45)[C@@H]3C2=O)cc1. The largest absolute Gasteiger partial charge is 0.478 e. The third-order valence-corrected chi connectivity index (χ3v) is 6.04. The molecule has 0 unspecified atom stereocenters. The van der Waals surface area contributed by atoms with Gasteiger partial charge in [0.2, 0.25) is 11.8 Å². The van der Waals surface area contributed by atoms with Crippen LogP contribution in [0.4, 0.5) is 5.69 Å². The van der Waals surface area contributed by atoms with Crippen molar-refractivity contribution in [3.05, 3.63) is 42.0 Å². The molecule has 1 N–H and O–H groups in total. The molecule has 1 heterocycles. The highest BCUT2D eigenvalue weighted by atomic mass is 16.4. The molecule has 116 valence electrons. The lowest BCUT2D eigenvalue weighted by Crippen LogP contribution is -2.40. The molecule has 5 aliphatic rings. The number of imide groups is 1. The second-order valence-corrected chi connectivity index (χ2v) is 7.02. The fourth-order valence-corrected chi connectivity index (χ4v) is 4.96. The predicted octanol–water partition coefficient (Wildman–Crippen LogP) is 1.94. The maximum Gasteiger partial charge on any atom is 0.335 e. The Bertz CT molecular complexity index is 745. The van der Waals surface area contributed by atoms with Crippen molar-refractivity contribution in [2.45, 2.75) is 6.42 Å². The quantitative estimate of drug-likeness (QED) is 0.669. The first-order valence-corrected chi connectivity index (χ1v) is 7.97. The van der Waals surface area contributed by atoms with Gasteiger partial charge in [-0.3, -0.25) is 14.5 Å². The smallest absolute Gasteiger partial charge is 0.335 e. The number of hydrogen-bond acceptors (Lipinski definition) is 3. The second-order valence-electron chi connectivity index (χ2n) is 7.02. The van der Waals surface area contributed by atoms with Crippen LogP contribution >= 0.6 is 0 Å². The van der Waals surface area contributed by atoms with E-state index in [0.717, 1.165) is 6.42 Å². The third-order valence-electron chi connectivity index (χ3n) is 6.04. The average molecular weight is 309 g/mol. The van der Waals surface area contributed by atoms with E-state index in [1.54, 1.807) is 12.1 Å². The predicted molar refractivity (Wildman–Crippen MR) is 80.6 cm³/mol. The van der Waals surface area contributed by atoms with Crippen molar-refractivity contribution < 1.29 is 19.5 Å². The van der Waals surface area contributed by atoms with Crippen LogP contribution in [0.15, 0.2) is 36.4 Å². The lowest BCUT2D eigenvalue weighted by atomic mass is 9.63. The summed E-state index contributed by atoms with van der Waals surface area (Å²) >= 11 is 0. The van der Waals surface area contributed by atoms with E-state index < -0.39 is 5.97 Å². The average Bonchev–Trinajstić information content (AvgIpc) is 3.32. The summed E-state index contributed by atoms with van der Waals surface area (Å²) in [4.78, 5) is 38.0. The van der Waals surface area contributed by atoms with Crippen LogP contribution in [-0.4, -0.2) is 22.9 Å². The number of carboxylic acids is 1. The Labute approximate surface area is 132 Å². The van der Waals surface area contributed by atoms with Crippen LogP contribution < -0.4 is 4.90 Å². The van der Waals surface area contributed by atoms with Crippen LogP contribution in [-0.2, 0) is 9.59 Å². The van der Waals surface area contributed by atoms with Crippen LogP contribution in [0.1, 0.15) is 16.8 Å². The Morgan fingerprint density at radius 1 is 0.957 bits per heavy atom. The molecule has 3 fully saturated rings. The third kappa shape index (κ3) is 1.54. The zero-order chi connectivity index (χ0) is 15.9. The fraction of sp³-hybridized carbons (Fsp3) is 0.389. The highest BCUT2D eigenvalue weighted by Gasteiger charge is 2.67. The van der Waals surface area contributed by atoms with Gasteiger partial charge in [0.05, 0.1) is 23.1 Å². The molecule has 0 aromatic heterocycles. The summed E-state index contributed by atoms with van der Waals surface area (Å²) in [6.45, 7) is 0. The summed E-state index contributed by atoms with van der Waals surface area (Å²) in [7, 11) is 0. The molecule has 1 aromatic rings. The van der Waals surface area contributed by atoms with E-state index in [-0.39, 0.29) is 41.0 Å². The molecule has 23 heavy (non-hydrogen) atoms. The van der Waals surface area contributed by atoms with E-state index in [4.69, 9.17) is 5.11 Å². The Kier molecular flexibility index (Phi) is 2.33. The molecule has 6 atom stereocenters. The van der Waals surface area contributed by atoms with Gasteiger partial charge in [-0.2, -0.15) is 0 Å². The van der Waals surface area contributed by atoms with Crippen LogP contribution in [0.5, 0.6) is 0 Å². The Hall–Kier alpha value is -2.43. The first-order chi connectivity index (χ1) is 11.1. The lowest BCUT2D eigenvalue weighted by Gasteiger charge is -2.37. The number of benzene rings is 1. The van der Waals surface area contributed by atoms with Crippen LogP contribution in [0.2, 0.25) is 0 Å². The van der Waals surface area contributed by atoms with Gasteiger partial charge >= 0.3 is 5.97 Å². The molecule has 0 radical (unpaired) electrons. The first kappa shape index (κ1) is 13.0. The number of allylic oxidation sites excluding steroid dienone is 2.